The third-order valence-electron chi connectivity index (χ3n) is 5.06. The molecule has 8 heteroatoms. The molecule has 1 aliphatic rings. The van der Waals surface area contributed by atoms with Crippen LogP contribution in [0.5, 0.6) is 0 Å². The molecule has 0 radical (unpaired) electrons. The van der Waals surface area contributed by atoms with Crippen LogP contribution in [0.25, 0.3) is 0 Å². The highest BCUT2D eigenvalue weighted by molar-refractivity contribution is 7.98. The van der Waals surface area contributed by atoms with Gasteiger partial charge >= 0.3 is 5.97 Å². The third-order valence-corrected chi connectivity index (χ3v) is 5.61. The molecule has 160 valence electrons. The Labute approximate surface area is 181 Å². The van der Waals surface area contributed by atoms with Crippen molar-refractivity contribution in [1.29, 1.82) is 0 Å². The number of benzene rings is 1. The fourth-order valence-corrected chi connectivity index (χ4v) is 3.87. The summed E-state index contributed by atoms with van der Waals surface area (Å²) < 4.78 is 11.0. The Morgan fingerprint density at radius 2 is 1.77 bits per heavy atom. The summed E-state index contributed by atoms with van der Waals surface area (Å²) in [5.41, 5.74) is 3.34. The van der Waals surface area contributed by atoms with Crippen LogP contribution in [-0.2, 0) is 25.5 Å². The van der Waals surface area contributed by atoms with Crippen molar-refractivity contribution in [3.8, 4) is 0 Å². The van der Waals surface area contributed by atoms with Crippen molar-refractivity contribution in [3.63, 3.8) is 0 Å². The average Bonchev–Trinajstić information content (AvgIpc) is 2.77. The van der Waals surface area contributed by atoms with E-state index in [2.05, 4.69) is 9.97 Å². The van der Waals surface area contributed by atoms with E-state index in [9.17, 15) is 9.59 Å². The molecule has 1 saturated heterocycles. The summed E-state index contributed by atoms with van der Waals surface area (Å²) in [4.78, 5) is 36.3. The number of esters is 1. The molecule has 3 rings (SSSR count). The van der Waals surface area contributed by atoms with Crippen molar-refractivity contribution in [2.24, 2.45) is 0 Å². The number of aromatic nitrogens is 2. The second kappa shape index (κ2) is 10.5. The van der Waals surface area contributed by atoms with Gasteiger partial charge in [0.2, 0.25) is 6.10 Å². The highest BCUT2D eigenvalue weighted by Crippen LogP contribution is 2.23. The van der Waals surface area contributed by atoms with Crippen molar-refractivity contribution in [2.45, 2.75) is 37.9 Å². The minimum atomic E-state index is -0.950. The van der Waals surface area contributed by atoms with Gasteiger partial charge in [0.15, 0.2) is 5.16 Å². The Bertz CT molecular complexity index is 862. The Hall–Kier alpha value is -2.45. The van der Waals surface area contributed by atoms with Crippen molar-refractivity contribution in [1.82, 2.24) is 14.9 Å². The number of hydrogen-bond acceptors (Lipinski definition) is 7. The van der Waals surface area contributed by atoms with Crippen LogP contribution in [-0.4, -0.2) is 59.3 Å². The van der Waals surface area contributed by atoms with Crippen LogP contribution in [0.15, 0.2) is 35.5 Å². The molecule has 0 unspecified atom stereocenters. The lowest BCUT2D eigenvalue weighted by Crippen LogP contribution is -2.44. The van der Waals surface area contributed by atoms with Crippen molar-refractivity contribution < 1.29 is 19.1 Å². The predicted molar refractivity (Wildman–Crippen MR) is 114 cm³/mol. The summed E-state index contributed by atoms with van der Waals surface area (Å²) in [5.74, 6) is -0.629. The van der Waals surface area contributed by atoms with Crippen LogP contribution in [0.4, 0.5) is 0 Å². The molecule has 0 N–H and O–H groups in total. The Morgan fingerprint density at radius 3 is 2.37 bits per heavy atom. The first-order chi connectivity index (χ1) is 14.5. The van der Waals surface area contributed by atoms with E-state index >= 15 is 0 Å². The van der Waals surface area contributed by atoms with E-state index in [0.29, 0.717) is 38.3 Å². The molecule has 1 aromatic carbocycles. The number of thioether (sulfide) groups is 1. The molecule has 2 aromatic rings. The first kappa shape index (κ1) is 22.2. The van der Waals surface area contributed by atoms with Gasteiger partial charge in [0, 0.05) is 36.5 Å². The molecule has 2 heterocycles. The highest BCUT2D eigenvalue weighted by atomic mass is 32.2. The number of hydrogen-bond donors (Lipinski definition) is 0. The largest absolute Gasteiger partial charge is 0.447 e. The minimum absolute atomic E-state index is 0.156. The first-order valence-electron chi connectivity index (χ1n) is 9.98. The highest BCUT2D eigenvalue weighted by Gasteiger charge is 2.30. The third kappa shape index (κ3) is 5.58. The molecular weight excluding hydrogens is 402 g/mol. The van der Waals surface area contributed by atoms with Gasteiger partial charge in [0.25, 0.3) is 5.91 Å². The maximum absolute atomic E-state index is 13.1. The van der Waals surface area contributed by atoms with Gasteiger partial charge in [-0.25, -0.2) is 9.97 Å². The smallest absolute Gasteiger partial charge is 0.307 e. The monoisotopic (exact) mass is 429 g/mol. The summed E-state index contributed by atoms with van der Waals surface area (Å²) in [5, 5.41) is 0.719. The molecule has 0 bridgehead atoms. The van der Waals surface area contributed by atoms with Gasteiger partial charge in [-0.3, -0.25) is 9.59 Å². The van der Waals surface area contributed by atoms with Gasteiger partial charge in [0.05, 0.1) is 13.2 Å². The topological polar surface area (TPSA) is 81.6 Å². The normalized spacial score (nSPS) is 15.0. The van der Waals surface area contributed by atoms with Gasteiger partial charge in [0.1, 0.15) is 0 Å². The number of rotatable bonds is 7. The number of ether oxygens (including phenoxy) is 2. The van der Waals surface area contributed by atoms with Gasteiger partial charge in [-0.05, 0) is 32.1 Å². The van der Waals surface area contributed by atoms with Gasteiger partial charge < -0.3 is 14.4 Å². The van der Waals surface area contributed by atoms with E-state index in [1.54, 1.807) is 17.0 Å². The fourth-order valence-electron chi connectivity index (χ4n) is 3.42. The Morgan fingerprint density at radius 1 is 1.13 bits per heavy atom. The van der Waals surface area contributed by atoms with E-state index in [1.165, 1.54) is 11.8 Å². The van der Waals surface area contributed by atoms with Crippen LogP contribution in [0.2, 0.25) is 0 Å². The molecule has 0 aliphatic carbocycles. The maximum Gasteiger partial charge on any atom is 0.307 e. The van der Waals surface area contributed by atoms with Crippen molar-refractivity contribution in [2.75, 3.05) is 32.6 Å². The number of carbonyl (C=O) groups is 2. The second-order valence-electron chi connectivity index (χ2n) is 7.08. The quantitative estimate of drug-likeness (QED) is 0.380. The van der Waals surface area contributed by atoms with Crippen LogP contribution < -0.4 is 0 Å². The lowest BCUT2D eigenvalue weighted by molar-refractivity contribution is -0.162. The molecule has 30 heavy (non-hydrogen) atoms. The summed E-state index contributed by atoms with van der Waals surface area (Å²) in [7, 11) is 0. The van der Waals surface area contributed by atoms with Gasteiger partial charge in [-0.2, -0.15) is 0 Å². The average molecular weight is 430 g/mol. The molecular formula is C22H27N3O4S. The summed E-state index contributed by atoms with van der Waals surface area (Å²) >= 11 is 1.49. The van der Waals surface area contributed by atoms with E-state index in [0.717, 1.165) is 22.1 Å². The number of morpholine rings is 1. The lowest BCUT2D eigenvalue weighted by Gasteiger charge is -2.30. The first-order valence-corrected chi connectivity index (χ1v) is 11.2. The van der Waals surface area contributed by atoms with Crippen LogP contribution in [0, 0.1) is 13.8 Å². The fraction of sp³-hybridized carbons (Fsp3) is 0.455. The van der Waals surface area contributed by atoms with Crippen molar-refractivity contribution in [3.05, 3.63) is 52.8 Å². The maximum atomic E-state index is 13.1. The second-order valence-corrected chi connectivity index (χ2v) is 7.85. The molecule has 7 nitrogen and oxygen atoms in total. The lowest BCUT2D eigenvalue weighted by atomic mass is 10.1. The zero-order valence-electron chi connectivity index (χ0n) is 17.6. The van der Waals surface area contributed by atoms with E-state index in [-0.39, 0.29) is 12.3 Å². The molecule has 0 spiro atoms. The number of nitrogens with zero attached hydrogens (tertiary/aromatic N) is 3. The van der Waals surface area contributed by atoms with Gasteiger partial charge in [-0.15, -0.1) is 0 Å². The van der Waals surface area contributed by atoms with E-state index < -0.39 is 12.1 Å². The summed E-state index contributed by atoms with van der Waals surface area (Å²) in [6.45, 7) is 5.82. The molecule has 0 saturated carbocycles. The van der Waals surface area contributed by atoms with Crippen LogP contribution in [0.3, 0.4) is 0 Å². The van der Waals surface area contributed by atoms with Gasteiger partial charge in [-0.1, -0.05) is 42.1 Å². The molecule has 1 fully saturated rings. The van der Waals surface area contributed by atoms with E-state index in [4.69, 9.17) is 9.47 Å². The van der Waals surface area contributed by atoms with E-state index in [1.807, 2.05) is 38.3 Å². The number of carbonyl (C=O) groups excluding carboxylic acids is 2. The zero-order valence-corrected chi connectivity index (χ0v) is 18.4. The van der Waals surface area contributed by atoms with Crippen LogP contribution in [0.1, 0.15) is 35.0 Å². The SMILES string of the molecule is CSc1nc(C)c(CCC(=O)O[C@H](C(=O)N2CCOCC2)c2ccccc2)c(C)n1. The predicted octanol–water partition coefficient (Wildman–Crippen LogP) is 2.89. The Kier molecular flexibility index (Phi) is 7.81. The van der Waals surface area contributed by atoms with Crippen LogP contribution >= 0.6 is 11.8 Å². The standard InChI is InChI=1S/C22H27N3O4S/c1-15-18(16(2)24-22(23-15)30-3)9-10-19(26)29-20(17-7-5-4-6-8-17)21(27)25-11-13-28-14-12-25/h4-8,20H,9-14H2,1-3H3/t20-/m0/s1. The molecule has 1 amide bonds. The summed E-state index contributed by atoms with van der Waals surface area (Å²) in [6.07, 6.45) is 1.61. The zero-order chi connectivity index (χ0) is 21.5. The molecule has 1 aromatic heterocycles. The molecule has 1 atom stereocenters. The minimum Gasteiger partial charge on any atom is -0.447 e. The number of amides is 1. The number of aryl methyl sites for hydroxylation is 2. The van der Waals surface area contributed by atoms with Crippen molar-refractivity contribution >= 4 is 23.6 Å². The summed E-state index contributed by atoms with van der Waals surface area (Å²) in [6, 6.07) is 9.14. The Balaban J connectivity index is 1.70. The molecule has 1 aliphatic heterocycles.